The second-order valence-corrected chi connectivity index (χ2v) is 8.39. The molecule has 0 radical (unpaired) electrons. The van der Waals surface area contributed by atoms with Gasteiger partial charge in [0, 0.05) is 24.0 Å². The number of carbonyl (C=O) groups is 2. The lowest BCUT2D eigenvalue weighted by Gasteiger charge is -2.37. The second kappa shape index (κ2) is 8.31. The predicted octanol–water partition coefficient (Wildman–Crippen LogP) is 3.25. The number of nitrogens with zero attached hydrogens (tertiary/aromatic N) is 2. The van der Waals surface area contributed by atoms with E-state index >= 15 is 0 Å². The van der Waals surface area contributed by atoms with Crippen LogP contribution in [0.3, 0.4) is 0 Å². The lowest BCUT2D eigenvalue weighted by atomic mass is 10.0. The van der Waals surface area contributed by atoms with Crippen molar-refractivity contribution in [1.29, 1.82) is 0 Å². The third-order valence-corrected chi connectivity index (χ3v) is 6.28. The fourth-order valence-corrected chi connectivity index (χ4v) is 4.32. The van der Waals surface area contributed by atoms with E-state index in [0.717, 1.165) is 27.7 Å². The lowest BCUT2D eigenvalue weighted by Crippen LogP contribution is -2.54. The number of morpholine rings is 1. The molecule has 1 aromatic heterocycles. The summed E-state index contributed by atoms with van der Waals surface area (Å²) in [5.41, 5.74) is 4.60. The summed E-state index contributed by atoms with van der Waals surface area (Å²) in [6.07, 6.45) is 1.10. The van der Waals surface area contributed by atoms with E-state index in [-0.39, 0.29) is 24.8 Å². The summed E-state index contributed by atoms with van der Waals surface area (Å²) in [4.78, 5) is 30.0. The first-order valence-corrected chi connectivity index (χ1v) is 10.9. The third-order valence-electron chi connectivity index (χ3n) is 6.28. The third kappa shape index (κ3) is 3.73. The quantitative estimate of drug-likeness (QED) is 0.633. The number of ether oxygens (including phenoxy) is 2. The minimum Gasteiger partial charge on any atom is -0.476 e. The first kappa shape index (κ1) is 20.6. The summed E-state index contributed by atoms with van der Waals surface area (Å²) in [6.45, 7) is 6.38. The van der Waals surface area contributed by atoms with Crippen molar-refractivity contribution in [2.45, 2.75) is 26.4 Å². The van der Waals surface area contributed by atoms with Crippen LogP contribution in [0.1, 0.15) is 16.7 Å². The van der Waals surface area contributed by atoms with Gasteiger partial charge < -0.3 is 23.7 Å². The highest BCUT2D eigenvalue weighted by molar-refractivity contribution is 6.00. The van der Waals surface area contributed by atoms with E-state index in [2.05, 4.69) is 6.07 Å². The fourth-order valence-electron chi connectivity index (χ4n) is 4.32. The maximum absolute atomic E-state index is 13.5. The average molecular weight is 434 g/mol. The molecule has 1 atom stereocenters. The minimum absolute atomic E-state index is 0.0959. The van der Waals surface area contributed by atoms with Crippen LogP contribution in [0.15, 0.2) is 47.1 Å². The molecule has 1 fully saturated rings. The monoisotopic (exact) mass is 434 g/mol. The Kier molecular flexibility index (Phi) is 5.35. The van der Waals surface area contributed by atoms with Crippen molar-refractivity contribution >= 4 is 28.5 Å². The largest absolute Gasteiger partial charge is 0.476 e. The number of amides is 2. The Labute approximate surface area is 186 Å². The molecule has 5 rings (SSSR count). The smallest absolute Gasteiger partial charge is 0.265 e. The van der Waals surface area contributed by atoms with Crippen molar-refractivity contribution in [3.63, 3.8) is 0 Å². The van der Waals surface area contributed by atoms with Crippen LogP contribution in [0.25, 0.3) is 11.0 Å². The SMILES string of the molecule is Cc1cc2occ(CC(=O)N3CC(C(=O)N4CCOCC4)Oc4ccccc43)c2cc1C. The topological polar surface area (TPSA) is 72.2 Å². The van der Waals surface area contributed by atoms with Gasteiger partial charge in [0.1, 0.15) is 11.3 Å². The molecule has 0 bridgehead atoms. The molecule has 3 heterocycles. The molecular formula is C25H26N2O5. The van der Waals surface area contributed by atoms with E-state index in [1.165, 1.54) is 0 Å². The van der Waals surface area contributed by atoms with Gasteiger partial charge in [0.2, 0.25) is 5.91 Å². The van der Waals surface area contributed by atoms with Crippen LogP contribution in [0.5, 0.6) is 5.75 Å². The molecule has 0 saturated carbocycles. The molecule has 166 valence electrons. The van der Waals surface area contributed by atoms with Crippen LogP contribution in [-0.2, 0) is 20.7 Å². The van der Waals surface area contributed by atoms with Crippen molar-refractivity contribution in [2.24, 2.45) is 0 Å². The van der Waals surface area contributed by atoms with Crippen molar-refractivity contribution in [1.82, 2.24) is 4.90 Å². The van der Waals surface area contributed by atoms with Gasteiger partial charge in [-0.25, -0.2) is 0 Å². The number of carbonyl (C=O) groups excluding carboxylic acids is 2. The van der Waals surface area contributed by atoms with Gasteiger partial charge in [0.05, 0.1) is 38.1 Å². The maximum Gasteiger partial charge on any atom is 0.265 e. The number of hydrogen-bond acceptors (Lipinski definition) is 5. The molecule has 1 saturated heterocycles. The number of para-hydroxylation sites is 2. The average Bonchev–Trinajstić information content (AvgIpc) is 3.19. The van der Waals surface area contributed by atoms with E-state index in [1.807, 2.05) is 38.1 Å². The first-order chi connectivity index (χ1) is 15.5. The van der Waals surface area contributed by atoms with Gasteiger partial charge in [-0.15, -0.1) is 0 Å². The lowest BCUT2D eigenvalue weighted by molar-refractivity contribution is -0.142. The van der Waals surface area contributed by atoms with Crippen molar-refractivity contribution in [3.05, 3.63) is 59.4 Å². The fraction of sp³-hybridized carbons (Fsp3) is 0.360. The molecule has 1 unspecified atom stereocenters. The van der Waals surface area contributed by atoms with Crippen molar-refractivity contribution < 1.29 is 23.5 Å². The Morgan fingerprint density at radius 2 is 1.81 bits per heavy atom. The molecule has 32 heavy (non-hydrogen) atoms. The van der Waals surface area contributed by atoms with Gasteiger partial charge in [-0.3, -0.25) is 9.59 Å². The van der Waals surface area contributed by atoms with Gasteiger partial charge in [-0.1, -0.05) is 12.1 Å². The van der Waals surface area contributed by atoms with Crippen LogP contribution in [0, 0.1) is 13.8 Å². The molecule has 7 heteroatoms. The molecule has 2 aliphatic rings. The van der Waals surface area contributed by atoms with Gasteiger partial charge in [-0.05, 0) is 49.2 Å². The van der Waals surface area contributed by atoms with Crippen LogP contribution in [-0.4, -0.2) is 55.7 Å². The number of fused-ring (bicyclic) bond motifs is 2. The Morgan fingerprint density at radius 1 is 1.06 bits per heavy atom. The van der Waals surface area contributed by atoms with Crippen LogP contribution in [0.4, 0.5) is 5.69 Å². The molecular weight excluding hydrogens is 408 g/mol. The summed E-state index contributed by atoms with van der Waals surface area (Å²) in [5.74, 6) is 0.337. The van der Waals surface area contributed by atoms with Crippen LogP contribution < -0.4 is 9.64 Å². The van der Waals surface area contributed by atoms with Crippen LogP contribution >= 0.6 is 0 Å². The normalized spacial score (nSPS) is 18.4. The summed E-state index contributed by atoms with van der Waals surface area (Å²) >= 11 is 0. The number of furan rings is 1. The zero-order valence-electron chi connectivity index (χ0n) is 18.3. The number of aryl methyl sites for hydroxylation is 2. The number of hydrogen-bond donors (Lipinski definition) is 0. The molecule has 2 aliphatic heterocycles. The van der Waals surface area contributed by atoms with Gasteiger partial charge in [-0.2, -0.15) is 0 Å². The van der Waals surface area contributed by atoms with E-state index in [9.17, 15) is 9.59 Å². The summed E-state index contributed by atoms with van der Waals surface area (Å²) in [5, 5.41) is 0.948. The minimum atomic E-state index is -0.738. The van der Waals surface area contributed by atoms with E-state index < -0.39 is 6.10 Å². The molecule has 0 N–H and O–H groups in total. The Hall–Kier alpha value is -3.32. The summed E-state index contributed by atoms with van der Waals surface area (Å²) in [7, 11) is 0. The predicted molar refractivity (Wildman–Crippen MR) is 120 cm³/mol. The van der Waals surface area contributed by atoms with Gasteiger partial charge in [0.15, 0.2) is 6.10 Å². The van der Waals surface area contributed by atoms with Crippen LogP contribution in [0.2, 0.25) is 0 Å². The zero-order valence-corrected chi connectivity index (χ0v) is 18.3. The van der Waals surface area contributed by atoms with Gasteiger partial charge in [0.25, 0.3) is 5.91 Å². The Balaban J connectivity index is 1.42. The van der Waals surface area contributed by atoms with Crippen molar-refractivity contribution in [2.75, 3.05) is 37.7 Å². The number of anilines is 1. The molecule has 0 aliphatic carbocycles. The van der Waals surface area contributed by atoms with Crippen molar-refractivity contribution in [3.8, 4) is 5.75 Å². The summed E-state index contributed by atoms with van der Waals surface area (Å²) in [6, 6.07) is 11.4. The Bertz CT molecular complexity index is 1180. The highest BCUT2D eigenvalue weighted by atomic mass is 16.5. The molecule has 3 aromatic rings. The first-order valence-electron chi connectivity index (χ1n) is 10.9. The second-order valence-electron chi connectivity index (χ2n) is 8.39. The van der Waals surface area contributed by atoms with Gasteiger partial charge >= 0.3 is 0 Å². The zero-order chi connectivity index (χ0) is 22.2. The maximum atomic E-state index is 13.5. The molecule has 0 spiro atoms. The molecule has 7 nitrogen and oxygen atoms in total. The number of benzene rings is 2. The standard InChI is InChI=1S/C25H26N2O5/c1-16-11-19-18(15-31-22(19)12-17(16)2)13-24(28)27-14-23(25(29)26-7-9-30-10-8-26)32-21-6-4-3-5-20(21)27/h3-6,11-12,15,23H,7-10,13-14H2,1-2H3. The highest BCUT2D eigenvalue weighted by Crippen LogP contribution is 2.34. The molecule has 2 amide bonds. The highest BCUT2D eigenvalue weighted by Gasteiger charge is 2.36. The summed E-state index contributed by atoms with van der Waals surface area (Å²) < 4.78 is 17.1. The molecule has 2 aromatic carbocycles. The van der Waals surface area contributed by atoms with E-state index in [4.69, 9.17) is 13.9 Å². The number of rotatable bonds is 3. The Morgan fingerprint density at radius 3 is 2.62 bits per heavy atom. The van der Waals surface area contributed by atoms with E-state index in [1.54, 1.807) is 22.1 Å². The van der Waals surface area contributed by atoms with E-state index in [0.29, 0.717) is 37.7 Å².